The Hall–Kier alpha value is -3.65. The number of hydrogen-bond donors (Lipinski definition) is 2. The lowest BCUT2D eigenvalue weighted by atomic mass is 10.0. The van der Waals surface area contributed by atoms with Crippen molar-refractivity contribution in [1.82, 2.24) is 20.1 Å². The fraction of sp³-hybridized carbons (Fsp3) is 0.240. The highest BCUT2D eigenvalue weighted by Crippen LogP contribution is 2.28. The van der Waals surface area contributed by atoms with Crippen molar-refractivity contribution in [2.75, 3.05) is 18.4 Å². The summed E-state index contributed by atoms with van der Waals surface area (Å²) in [5.41, 5.74) is 2.92. The molecule has 0 radical (unpaired) electrons. The summed E-state index contributed by atoms with van der Waals surface area (Å²) in [6, 6.07) is 12.6. The third-order valence-electron chi connectivity index (χ3n) is 5.95. The lowest BCUT2D eigenvalue weighted by Crippen LogP contribution is -2.29. The maximum Gasteiger partial charge on any atom is 0.276 e. The minimum atomic E-state index is -0.927. The van der Waals surface area contributed by atoms with Crippen molar-refractivity contribution in [1.29, 1.82) is 0 Å². The zero-order valence-corrected chi connectivity index (χ0v) is 17.9. The van der Waals surface area contributed by atoms with E-state index in [0.717, 1.165) is 31.4 Å². The predicted molar refractivity (Wildman–Crippen MR) is 123 cm³/mol. The number of halogens is 2. The number of pyridine rings is 1. The van der Waals surface area contributed by atoms with Crippen molar-refractivity contribution < 1.29 is 13.6 Å². The van der Waals surface area contributed by atoms with E-state index in [4.69, 9.17) is 0 Å². The van der Waals surface area contributed by atoms with Gasteiger partial charge in [0.2, 0.25) is 0 Å². The lowest BCUT2D eigenvalue weighted by molar-refractivity contribution is 0.102. The average molecular weight is 447 g/mol. The first-order valence-corrected chi connectivity index (χ1v) is 11.0. The van der Waals surface area contributed by atoms with Crippen molar-refractivity contribution in [2.24, 2.45) is 0 Å². The van der Waals surface area contributed by atoms with E-state index in [1.807, 2.05) is 6.07 Å². The van der Waals surface area contributed by atoms with Crippen LogP contribution in [0.1, 0.15) is 35.4 Å². The van der Waals surface area contributed by atoms with Crippen LogP contribution in [0.25, 0.3) is 22.0 Å². The van der Waals surface area contributed by atoms with E-state index in [2.05, 4.69) is 25.4 Å². The van der Waals surface area contributed by atoms with E-state index in [9.17, 15) is 13.6 Å². The minimum Gasteiger partial charge on any atom is -0.320 e. The molecule has 2 aromatic carbocycles. The van der Waals surface area contributed by atoms with Crippen LogP contribution in [-0.4, -0.2) is 39.1 Å². The van der Waals surface area contributed by atoms with Gasteiger partial charge in [-0.1, -0.05) is 24.6 Å². The van der Waals surface area contributed by atoms with E-state index in [1.165, 1.54) is 31.4 Å². The number of piperidine rings is 1. The average Bonchev–Trinajstić information content (AvgIpc) is 3.25. The van der Waals surface area contributed by atoms with Gasteiger partial charge in [-0.15, -0.1) is 0 Å². The molecule has 3 heterocycles. The molecule has 8 heteroatoms. The van der Waals surface area contributed by atoms with Crippen molar-refractivity contribution in [2.45, 2.75) is 25.8 Å². The number of likely N-dealkylation sites (tertiary alicyclic amines) is 1. The van der Waals surface area contributed by atoms with Crippen LogP contribution in [0, 0.1) is 11.6 Å². The molecule has 1 amide bonds. The van der Waals surface area contributed by atoms with Crippen molar-refractivity contribution >= 4 is 22.5 Å². The molecule has 6 nitrogen and oxygen atoms in total. The summed E-state index contributed by atoms with van der Waals surface area (Å²) in [6.45, 7) is 2.87. The highest BCUT2D eigenvalue weighted by Gasteiger charge is 2.18. The Labute approximate surface area is 189 Å². The highest BCUT2D eigenvalue weighted by atomic mass is 19.2. The molecule has 33 heavy (non-hydrogen) atoms. The molecule has 1 aliphatic heterocycles. The molecule has 1 aliphatic rings. The molecular weight excluding hydrogens is 424 g/mol. The van der Waals surface area contributed by atoms with E-state index in [0.29, 0.717) is 22.2 Å². The minimum absolute atomic E-state index is 0.126. The monoisotopic (exact) mass is 447 g/mol. The molecule has 4 aromatic rings. The number of aromatic amines is 1. The molecule has 2 N–H and O–H groups in total. The number of hydrogen-bond acceptors (Lipinski definition) is 4. The van der Waals surface area contributed by atoms with E-state index in [1.54, 1.807) is 30.5 Å². The quantitative estimate of drug-likeness (QED) is 0.444. The van der Waals surface area contributed by atoms with Gasteiger partial charge in [0.1, 0.15) is 0 Å². The number of anilines is 1. The summed E-state index contributed by atoms with van der Waals surface area (Å²) in [5, 5.41) is 10.4. The first-order valence-electron chi connectivity index (χ1n) is 11.0. The lowest BCUT2D eigenvalue weighted by Gasteiger charge is -2.26. The Morgan fingerprint density at radius 2 is 1.91 bits per heavy atom. The second kappa shape index (κ2) is 9.07. The molecule has 5 rings (SSSR count). The van der Waals surface area contributed by atoms with Gasteiger partial charge in [-0.05, 0) is 61.8 Å². The molecule has 2 aromatic heterocycles. The predicted octanol–water partition coefficient (Wildman–Crippen LogP) is 5.14. The van der Waals surface area contributed by atoms with Crippen LogP contribution in [0.2, 0.25) is 0 Å². The summed E-state index contributed by atoms with van der Waals surface area (Å²) >= 11 is 0. The van der Waals surface area contributed by atoms with Crippen molar-refractivity contribution in [3.8, 4) is 11.1 Å². The third-order valence-corrected chi connectivity index (χ3v) is 5.95. The number of carbonyl (C=O) groups is 1. The Balaban J connectivity index is 1.39. The van der Waals surface area contributed by atoms with Gasteiger partial charge in [-0.25, -0.2) is 8.78 Å². The van der Waals surface area contributed by atoms with Gasteiger partial charge in [0, 0.05) is 29.4 Å². The largest absolute Gasteiger partial charge is 0.320 e. The number of aromatic nitrogens is 3. The van der Waals surface area contributed by atoms with Crippen LogP contribution in [-0.2, 0) is 6.54 Å². The zero-order valence-electron chi connectivity index (χ0n) is 17.9. The van der Waals surface area contributed by atoms with Crippen LogP contribution >= 0.6 is 0 Å². The molecule has 168 valence electrons. The van der Waals surface area contributed by atoms with E-state index in [-0.39, 0.29) is 11.3 Å². The van der Waals surface area contributed by atoms with E-state index >= 15 is 0 Å². The SMILES string of the molecule is O=C(Nc1ccnc(CN2CCCCC2)c1)c1n[nH]c2ccc(-c3cccc(F)c3F)cc12. The third kappa shape index (κ3) is 4.47. The van der Waals surface area contributed by atoms with Crippen LogP contribution in [0.15, 0.2) is 54.7 Å². The molecule has 0 bridgehead atoms. The van der Waals surface area contributed by atoms with Crippen LogP contribution in [0.3, 0.4) is 0 Å². The van der Waals surface area contributed by atoms with Gasteiger partial charge in [0.25, 0.3) is 5.91 Å². The number of carbonyl (C=O) groups excluding carboxylic acids is 1. The smallest absolute Gasteiger partial charge is 0.276 e. The molecule has 0 saturated carbocycles. The van der Waals surface area contributed by atoms with Gasteiger partial charge in [0.05, 0.1) is 11.2 Å². The summed E-state index contributed by atoms with van der Waals surface area (Å²) in [6.07, 6.45) is 5.35. The van der Waals surface area contributed by atoms with Gasteiger partial charge in [-0.2, -0.15) is 5.10 Å². The van der Waals surface area contributed by atoms with E-state index < -0.39 is 17.5 Å². The standard InChI is InChI=1S/C25H23F2N5O/c26-21-6-4-5-19(23(21)27)16-7-8-22-20(13-16)24(31-30-22)25(33)29-17-9-10-28-18(14-17)15-32-11-2-1-3-12-32/h4-10,13-14H,1-3,11-12,15H2,(H,30,31)(H,28,29,33). The van der Waals surface area contributed by atoms with Gasteiger partial charge in [-0.3, -0.25) is 19.8 Å². The van der Waals surface area contributed by atoms with Gasteiger partial charge >= 0.3 is 0 Å². The van der Waals surface area contributed by atoms with Gasteiger partial charge in [0.15, 0.2) is 17.3 Å². The Bertz CT molecular complexity index is 1310. The molecule has 1 fully saturated rings. The first-order chi connectivity index (χ1) is 16.1. The number of nitrogens with one attached hydrogen (secondary N) is 2. The number of fused-ring (bicyclic) bond motifs is 1. The normalized spacial score (nSPS) is 14.5. The number of amides is 1. The molecular formula is C25H23F2N5O. The molecule has 1 saturated heterocycles. The Kier molecular flexibility index (Phi) is 5.83. The number of nitrogens with zero attached hydrogens (tertiary/aromatic N) is 3. The van der Waals surface area contributed by atoms with Crippen molar-refractivity contribution in [3.05, 3.63) is 77.8 Å². The van der Waals surface area contributed by atoms with Crippen LogP contribution in [0.5, 0.6) is 0 Å². The molecule has 0 unspecified atom stereocenters. The fourth-order valence-corrected chi connectivity index (χ4v) is 4.26. The molecule has 0 atom stereocenters. The Morgan fingerprint density at radius 3 is 2.76 bits per heavy atom. The van der Waals surface area contributed by atoms with Crippen LogP contribution < -0.4 is 5.32 Å². The highest BCUT2D eigenvalue weighted by molar-refractivity contribution is 6.11. The Morgan fingerprint density at radius 1 is 1.06 bits per heavy atom. The number of benzene rings is 2. The first kappa shape index (κ1) is 21.2. The van der Waals surface area contributed by atoms with Gasteiger partial charge < -0.3 is 5.32 Å². The summed E-state index contributed by atoms with van der Waals surface area (Å²) in [4.78, 5) is 19.8. The fourth-order valence-electron chi connectivity index (χ4n) is 4.26. The van der Waals surface area contributed by atoms with Crippen LogP contribution in [0.4, 0.5) is 14.5 Å². The zero-order chi connectivity index (χ0) is 22.8. The molecule has 0 aliphatic carbocycles. The number of H-pyrrole nitrogens is 1. The maximum absolute atomic E-state index is 14.3. The summed E-state index contributed by atoms with van der Waals surface area (Å²) in [7, 11) is 0. The summed E-state index contributed by atoms with van der Waals surface area (Å²) < 4.78 is 28.0. The molecule has 0 spiro atoms. The summed E-state index contributed by atoms with van der Waals surface area (Å²) in [5.74, 6) is -2.24. The maximum atomic E-state index is 14.3. The second-order valence-electron chi connectivity index (χ2n) is 8.26. The topological polar surface area (TPSA) is 73.9 Å². The number of rotatable bonds is 5. The second-order valence-corrected chi connectivity index (χ2v) is 8.26. The van der Waals surface area contributed by atoms with Crippen molar-refractivity contribution in [3.63, 3.8) is 0 Å².